The number of guanidine groups is 1. The van der Waals surface area contributed by atoms with Crippen LogP contribution in [0.15, 0.2) is 17.6 Å². The molecule has 0 heterocycles. The third kappa shape index (κ3) is 3.76. The number of aliphatic imine (C=N–C) groups is 1. The van der Waals surface area contributed by atoms with Gasteiger partial charge in [-0.25, -0.2) is 0 Å². The number of nitrogens with zero attached hydrogens (tertiary/aromatic N) is 3. The molecule has 0 saturated heterocycles. The van der Waals surface area contributed by atoms with Gasteiger partial charge in [-0.15, -0.1) is 6.58 Å². The van der Waals surface area contributed by atoms with Crippen LogP contribution in [0.1, 0.15) is 32.1 Å². The minimum atomic E-state index is 0.388. The van der Waals surface area contributed by atoms with Crippen LogP contribution in [0.3, 0.4) is 0 Å². The average Bonchev–Trinajstić information content (AvgIpc) is 2.66. The molecule has 0 aromatic heterocycles. The zero-order valence-electron chi connectivity index (χ0n) is 11.9. The van der Waals surface area contributed by atoms with Crippen molar-refractivity contribution >= 4 is 5.96 Å². The molecule has 98 valence electrons. The molecule has 0 bridgehead atoms. The van der Waals surface area contributed by atoms with Crippen LogP contribution in [0.25, 0.3) is 0 Å². The Kier molecular flexibility index (Phi) is 5.03. The van der Waals surface area contributed by atoms with E-state index >= 15 is 0 Å². The molecular formula is C14H27N3. The first-order chi connectivity index (χ1) is 8.01. The summed E-state index contributed by atoms with van der Waals surface area (Å²) in [4.78, 5) is 8.98. The summed E-state index contributed by atoms with van der Waals surface area (Å²) in [7, 11) is 8.20. The van der Waals surface area contributed by atoms with Gasteiger partial charge in [0.2, 0.25) is 0 Å². The van der Waals surface area contributed by atoms with E-state index < -0.39 is 0 Å². The summed E-state index contributed by atoms with van der Waals surface area (Å²) >= 11 is 0. The molecule has 0 radical (unpaired) electrons. The third-order valence-electron chi connectivity index (χ3n) is 3.60. The van der Waals surface area contributed by atoms with Crippen LogP contribution in [0, 0.1) is 5.41 Å². The van der Waals surface area contributed by atoms with Crippen molar-refractivity contribution in [3.63, 3.8) is 0 Å². The molecule has 0 aliphatic heterocycles. The number of rotatable bonds is 4. The summed E-state index contributed by atoms with van der Waals surface area (Å²) in [6, 6.07) is 0. The maximum absolute atomic E-state index is 4.82. The number of allylic oxidation sites excluding steroid dienone is 1. The quantitative estimate of drug-likeness (QED) is 0.425. The fourth-order valence-corrected chi connectivity index (χ4v) is 2.78. The van der Waals surface area contributed by atoms with E-state index in [0.29, 0.717) is 5.41 Å². The maximum atomic E-state index is 4.82. The van der Waals surface area contributed by atoms with Gasteiger partial charge in [0.15, 0.2) is 5.96 Å². The highest BCUT2D eigenvalue weighted by Crippen LogP contribution is 2.41. The van der Waals surface area contributed by atoms with Crippen LogP contribution in [0.5, 0.6) is 0 Å². The molecule has 0 spiro atoms. The van der Waals surface area contributed by atoms with Gasteiger partial charge in [0.05, 0.1) is 0 Å². The number of hydrogen-bond donors (Lipinski definition) is 0. The maximum Gasteiger partial charge on any atom is 0.195 e. The second-order valence-electron chi connectivity index (χ2n) is 5.60. The minimum absolute atomic E-state index is 0.388. The van der Waals surface area contributed by atoms with E-state index in [2.05, 4.69) is 22.5 Å². The Labute approximate surface area is 106 Å². The van der Waals surface area contributed by atoms with E-state index in [1.165, 1.54) is 25.7 Å². The third-order valence-corrected chi connectivity index (χ3v) is 3.60. The Morgan fingerprint density at radius 3 is 2.12 bits per heavy atom. The lowest BCUT2D eigenvalue weighted by atomic mass is 9.83. The molecule has 0 aromatic rings. The molecule has 17 heavy (non-hydrogen) atoms. The van der Waals surface area contributed by atoms with Gasteiger partial charge in [-0.2, -0.15) is 0 Å². The lowest BCUT2D eigenvalue weighted by Crippen LogP contribution is -2.36. The molecule has 0 N–H and O–H groups in total. The highest BCUT2D eigenvalue weighted by Gasteiger charge is 2.32. The van der Waals surface area contributed by atoms with Crippen molar-refractivity contribution in [1.82, 2.24) is 9.80 Å². The van der Waals surface area contributed by atoms with Crippen molar-refractivity contribution in [3.05, 3.63) is 12.7 Å². The van der Waals surface area contributed by atoms with Crippen molar-refractivity contribution < 1.29 is 0 Å². The Morgan fingerprint density at radius 1 is 1.18 bits per heavy atom. The molecule has 1 aliphatic carbocycles. The Hall–Kier alpha value is -0.990. The molecule has 0 unspecified atom stereocenters. The topological polar surface area (TPSA) is 18.8 Å². The monoisotopic (exact) mass is 237 g/mol. The van der Waals surface area contributed by atoms with Crippen molar-refractivity contribution in [2.24, 2.45) is 10.4 Å². The van der Waals surface area contributed by atoms with Crippen LogP contribution >= 0.6 is 0 Å². The van der Waals surface area contributed by atoms with Crippen molar-refractivity contribution in [2.75, 3.05) is 34.7 Å². The normalized spacial score (nSPS) is 17.6. The van der Waals surface area contributed by atoms with Crippen LogP contribution in [-0.2, 0) is 0 Å². The van der Waals surface area contributed by atoms with Crippen LogP contribution in [0.2, 0.25) is 0 Å². The first-order valence-corrected chi connectivity index (χ1v) is 6.51. The smallest absolute Gasteiger partial charge is 0.195 e. The van der Waals surface area contributed by atoms with Gasteiger partial charge in [-0.05, 0) is 24.7 Å². The van der Waals surface area contributed by atoms with Gasteiger partial charge < -0.3 is 9.80 Å². The molecule has 3 nitrogen and oxygen atoms in total. The fourth-order valence-electron chi connectivity index (χ4n) is 2.78. The predicted octanol–water partition coefficient (Wildman–Crippen LogP) is 2.60. The molecule has 1 saturated carbocycles. The van der Waals surface area contributed by atoms with Gasteiger partial charge in [0.25, 0.3) is 0 Å². The van der Waals surface area contributed by atoms with Gasteiger partial charge in [0, 0.05) is 34.7 Å². The zero-order chi connectivity index (χ0) is 12.9. The summed E-state index contributed by atoms with van der Waals surface area (Å²) in [6.07, 6.45) is 8.47. The van der Waals surface area contributed by atoms with E-state index in [0.717, 1.165) is 18.9 Å². The number of hydrogen-bond acceptors (Lipinski definition) is 1. The molecular weight excluding hydrogens is 210 g/mol. The van der Waals surface area contributed by atoms with E-state index in [1.54, 1.807) is 0 Å². The summed E-state index contributed by atoms with van der Waals surface area (Å²) in [5.74, 6) is 1.06. The standard InChI is InChI=1S/C14H27N3/c1-6-9-14(10-7-8-11-14)12-15-13(16(2)3)17(4)5/h6H,1,7-12H2,2-5H3. The molecule has 0 amide bonds. The molecule has 3 heteroatoms. The second-order valence-corrected chi connectivity index (χ2v) is 5.60. The van der Waals surface area contributed by atoms with Crippen LogP contribution in [-0.4, -0.2) is 50.5 Å². The molecule has 0 aromatic carbocycles. The lowest BCUT2D eigenvalue weighted by Gasteiger charge is -2.28. The van der Waals surface area contributed by atoms with E-state index in [4.69, 9.17) is 4.99 Å². The minimum Gasteiger partial charge on any atom is -0.349 e. The van der Waals surface area contributed by atoms with Crippen molar-refractivity contribution in [1.29, 1.82) is 0 Å². The van der Waals surface area contributed by atoms with Gasteiger partial charge in [-0.1, -0.05) is 18.9 Å². The van der Waals surface area contributed by atoms with Gasteiger partial charge in [0.1, 0.15) is 0 Å². The second kappa shape index (κ2) is 6.08. The average molecular weight is 237 g/mol. The van der Waals surface area contributed by atoms with E-state index in [1.807, 2.05) is 28.2 Å². The SMILES string of the molecule is C=CCC1(CN=C(N(C)C)N(C)C)CCCC1. The largest absolute Gasteiger partial charge is 0.349 e. The molecule has 1 rings (SSSR count). The first kappa shape index (κ1) is 14.1. The Morgan fingerprint density at radius 2 is 1.71 bits per heavy atom. The molecule has 1 fully saturated rings. The molecule has 1 aliphatic rings. The first-order valence-electron chi connectivity index (χ1n) is 6.51. The Bertz CT molecular complexity index is 263. The summed E-state index contributed by atoms with van der Waals surface area (Å²) in [5, 5.41) is 0. The predicted molar refractivity (Wildman–Crippen MR) is 75.4 cm³/mol. The van der Waals surface area contributed by atoms with E-state index in [-0.39, 0.29) is 0 Å². The zero-order valence-corrected chi connectivity index (χ0v) is 11.9. The van der Waals surface area contributed by atoms with E-state index in [9.17, 15) is 0 Å². The fraction of sp³-hybridized carbons (Fsp3) is 0.786. The highest BCUT2D eigenvalue weighted by molar-refractivity contribution is 5.79. The highest BCUT2D eigenvalue weighted by atomic mass is 15.3. The summed E-state index contributed by atoms with van der Waals surface area (Å²) in [5.41, 5.74) is 0.388. The van der Waals surface area contributed by atoms with Crippen molar-refractivity contribution in [2.45, 2.75) is 32.1 Å². The summed E-state index contributed by atoms with van der Waals surface area (Å²) < 4.78 is 0. The van der Waals surface area contributed by atoms with Gasteiger partial charge >= 0.3 is 0 Å². The Balaban J connectivity index is 2.73. The van der Waals surface area contributed by atoms with Gasteiger partial charge in [-0.3, -0.25) is 4.99 Å². The van der Waals surface area contributed by atoms with Crippen LogP contribution < -0.4 is 0 Å². The lowest BCUT2D eigenvalue weighted by molar-refractivity contribution is 0.310. The van der Waals surface area contributed by atoms with Crippen LogP contribution in [0.4, 0.5) is 0 Å². The summed E-state index contributed by atoms with van der Waals surface area (Å²) in [6.45, 7) is 4.83. The molecule has 0 atom stereocenters. The van der Waals surface area contributed by atoms with Crippen molar-refractivity contribution in [3.8, 4) is 0 Å².